The van der Waals surface area contributed by atoms with E-state index < -0.39 is 0 Å². The first-order valence-electron chi connectivity index (χ1n) is 6.77. The van der Waals surface area contributed by atoms with Crippen molar-refractivity contribution in [1.29, 1.82) is 0 Å². The molecular formula is C15H15N5OS. The lowest BCUT2D eigenvalue weighted by molar-refractivity contribution is 0.462. The summed E-state index contributed by atoms with van der Waals surface area (Å²) >= 11 is 1.73. The molecule has 0 atom stereocenters. The van der Waals surface area contributed by atoms with Crippen LogP contribution < -0.4 is 15.8 Å². The van der Waals surface area contributed by atoms with Gasteiger partial charge in [0.05, 0.1) is 6.20 Å². The van der Waals surface area contributed by atoms with Gasteiger partial charge in [0.15, 0.2) is 5.82 Å². The Morgan fingerprint density at radius 3 is 2.95 bits per heavy atom. The molecule has 0 saturated heterocycles. The quantitative estimate of drug-likeness (QED) is 0.727. The number of thiophene rings is 1. The summed E-state index contributed by atoms with van der Waals surface area (Å²) < 4.78 is 5.63. The Bertz CT molecular complexity index is 718. The maximum Gasteiger partial charge on any atom is 0.248 e. The van der Waals surface area contributed by atoms with Crippen LogP contribution in [-0.2, 0) is 6.42 Å². The highest BCUT2D eigenvalue weighted by Crippen LogP contribution is 2.28. The van der Waals surface area contributed by atoms with Gasteiger partial charge >= 0.3 is 0 Å². The van der Waals surface area contributed by atoms with E-state index in [-0.39, 0.29) is 0 Å². The molecule has 3 rings (SSSR count). The average molecular weight is 313 g/mol. The number of hydrogen-bond acceptors (Lipinski definition) is 7. The summed E-state index contributed by atoms with van der Waals surface area (Å²) in [6, 6.07) is 7.72. The Labute approximate surface area is 132 Å². The van der Waals surface area contributed by atoms with E-state index in [1.54, 1.807) is 35.9 Å². The van der Waals surface area contributed by atoms with Crippen molar-refractivity contribution in [3.05, 3.63) is 53.2 Å². The fourth-order valence-electron chi connectivity index (χ4n) is 1.88. The lowest BCUT2D eigenvalue weighted by Gasteiger charge is -2.11. The van der Waals surface area contributed by atoms with Crippen molar-refractivity contribution < 1.29 is 4.74 Å². The lowest BCUT2D eigenvalue weighted by Crippen LogP contribution is -2.09. The second-order valence-electron chi connectivity index (χ2n) is 4.49. The van der Waals surface area contributed by atoms with Crippen LogP contribution >= 0.6 is 11.3 Å². The largest absolute Gasteiger partial charge is 0.435 e. The fraction of sp³-hybridized carbons (Fsp3) is 0.133. The summed E-state index contributed by atoms with van der Waals surface area (Å²) in [7, 11) is 0. The maximum atomic E-state index is 6.06. The Morgan fingerprint density at radius 1 is 1.23 bits per heavy atom. The second kappa shape index (κ2) is 6.86. The van der Waals surface area contributed by atoms with E-state index in [4.69, 9.17) is 10.5 Å². The van der Waals surface area contributed by atoms with E-state index in [0.29, 0.717) is 23.1 Å². The highest BCUT2D eigenvalue weighted by atomic mass is 32.1. The molecule has 0 fully saturated rings. The van der Waals surface area contributed by atoms with Gasteiger partial charge in [-0.3, -0.25) is 4.98 Å². The number of nitrogens with two attached hydrogens (primary N) is 1. The minimum absolute atomic E-state index is 0.321. The third kappa shape index (κ3) is 3.50. The highest BCUT2D eigenvalue weighted by Gasteiger charge is 2.10. The van der Waals surface area contributed by atoms with Crippen molar-refractivity contribution in [1.82, 2.24) is 15.0 Å². The van der Waals surface area contributed by atoms with Crippen LogP contribution in [0.4, 0.5) is 11.5 Å². The molecular weight excluding hydrogens is 298 g/mol. The predicted molar refractivity (Wildman–Crippen MR) is 87.3 cm³/mol. The third-order valence-electron chi connectivity index (χ3n) is 2.94. The van der Waals surface area contributed by atoms with E-state index in [0.717, 1.165) is 13.0 Å². The molecule has 0 bridgehead atoms. The molecule has 0 aliphatic heterocycles. The molecule has 22 heavy (non-hydrogen) atoms. The van der Waals surface area contributed by atoms with Gasteiger partial charge in [-0.1, -0.05) is 6.07 Å². The van der Waals surface area contributed by atoms with Gasteiger partial charge in [0.2, 0.25) is 5.88 Å². The summed E-state index contributed by atoms with van der Waals surface area (Å²) in [6.45, 7) is 0.744. The molecule has 0 amide bonds. The fourth-order valence-corrected chi connectivity index (χ4v) is 2.59. The van der Waals surface area contributed by atoms with Crippen molar-refractivity contribution in [3.8, 4) is 11.6 Å². The van der Waals surface area contributed by atoms with Crippen LogP contribution in [0.3, 0.4) is 0 Å². The highest BCUT2D eigenvalue weighted by molar-refractivity contribution is 7.09. The van der Waals surface area contributed by atoms with Crippen LogP contribution in [0.1, 0.15) is 4.88 Å². The number of anilines is 2. The van der Waals surface area contributed by atoms with E-state index in [2.05, 4.69) is 31.7 Å². The topological polar surface area (TPSA) is 86.0 Å². The van der Waals surface area contributed by atoms with Gasteiger partial charge < -0.3 is 15.8 Å². The van der Waals surface area contributed by atoms with Crippen molar-refractivity contribution in [2.45, 2.75) is 6.42 Å². The van der Waals surface area contributed by atoms with Gasteiger partial charge in [-0.2, -0.15) is 4.98 Å². The first kappa shape index (κ1) is 14.3. The van der Waals surface area contributed by atoms with E-state index >= 15 is 0 Å². The van der Waals surface area contributed by atoms with Crippen LogP contribution in [-0.4, -0.2) is 21.5 Å². The van der Waals surface area contributed by atoms with Crippen LogP contribution in [0.5, 0.6) is 11.6 Å². The van der Waals surface area contributed by atoms with Crippen molar-refractivity contribution >= 4 is 22.8 Å². The Morgan fingerprint density at radius 2 is 2.18 bits per heavy atom. The van der Waals surface area contributed by atoms with Crippen LogP contribution in [0.2, 0.25) is 0 Å². The number of nitrogens with one attached hydrogen (secondary N) is 1. The molecule has 0 unspecified atom stereocenters. The normalized spacial score (nSPS) is 10.4. The zero-order chi connectivity index (χ0) is 15.2. The Balaban J connectivity index is 1.66. The standard InChI is InChI=1S/C15H15N5OS/c16-13-14(18-7-5-12-4-2-8-22-12)19-10-20-15(13)21-11-3-1-6-17-9-11/h1-4,6,8-10H,5,7,16H2,(H,18,19,20). The molecule has 0 aliphatic carbocycles. The Kier molecular flexibility index (Phi) is 4.45. The molecule has 3 N–H and O–H groups in total. The summed E-state index contributed by atoms with van der Waals surface area (Å²) in [4.78, 5) is 13.5. The number of ether oxygens (including phenoxy) is 1. The summed E-state index contributed by atoms with van der Waals surface area (Å²) in [6.07, 6.45) is 5.62. The minimum atomic E-state index is 0.321. The third-order valence-corrected chi connectivity index (χ3v) is 3.88. The van der Waals surface area contributed by atoms with E-state index in [1.165, 1.54) is 11.2 Å². The zero-order valence-corrected chi connectivity index (χ0v) is 12.6. The SMILES string of the molecule is Nc1c(NCCc2cccs2)ncnc1Oc1cccnc1. The number of rotatable bonds is 6. The first-order chi connectivity index (χ1) is 10.8. The molecule has 3 heterocycles. The number of nitrogen functional groups attached to an aromatic ring is 1. The van der Waals surface area contributed by atoms with E-state index in [9.17, 15) is 0 Å². The number of hydrogen-bond donors (Lipinski definition) is 2. The van der Waals surface area contributed by atoms with Gasteiger partial charge in [0.25, 0.3) is 0 Å². The van der Waals surface area contributed by atoms with Crippen LogP contribution in [0.25, 0.3) is 0 Å². The van der Waals surface area contributed by atoms with Crippen molar-refractivity contribution in [2.24, 2.45) is 0 Å². The summed E-state index contributed by atoms with van der Waals surface area (Å²) in [5.74, 6) is 1.48. The molecule has 3 aromatic heterocycles. The molecule has 0 aliphatic rings. The molecule has 0 radical (unpaired) electrons. The number of pyridine rings is 1. The number of aromatic nitrogens is 3. The zero-order valence-electron chi connectivity index (χ0n) is 11.8. The summed E-state index contributed by atoms with van der Waals surface area (Å²) in [5, 5.41) is 5.28. The molecule has 6 nitrogen and oxygen atoms in total. The van der Waals surface area contributed by atoms with Gasteiger partial charge in [-0.25, -0.2) is 4.98 Å². The van der Waals surface area contributed by atoms with Crippen LogP contribution in [0, 0.1) is 0 Å². The lowest BCUT2D eigenvalue weighted by atomic mass is 10.3. The van der Waals surface area contributed by atoms with E-state index in [1.807, 2.05) is 6.07 Å². The van der Waals surface area contributed by atoms with Crippen LogP contribution in [0.15, 0.2) is 48.4 Å². The van der Waals surface area contributed by atoms with Gasteiger partial charge in [0, 0.05) is 17.6 Å². The maximum absolute atomic E-state index is 6.06. The van der Waals surface area contributed by atoms with Gasteiger partial charge in [0.1, 0.15) is 17.8 Å². The molecule has 0 spiro atoms. The predicted octanol–water partition coefficient (Wildman–Crippen LogP) is 2.96. The summed E-state index contributed by atoms with van der Waals surface area (Å²) in [5.41, 5.74) is 6.45. The first-order valence-corrected chi connectivity index (χ1v) is 7.65. The Hall–Kier alpha value is -2.67. The monoisotopic (exact) mass is 313 g/mol. The van der Waals surface area contributed by atoms with Gasteiger partial charge in [-0.05, 0) is 30.0 Å². The minimum Gasteiger partial charge on any atom is -0.435 e. The average Bonchev–Trinajstić information content (AvgIpc) is 3.05. The molecule has 0 saturated carbocycles. The van der Waals surface area contributed by atoms with Gasteiger partial charge in [-0.15, -0.1) is 11.3 Å². The second-order valence-corrected chi connectivity index (χ2v) is 5.52. The molecule has 3 aromatic rings. The molecule has 0 aromatic carbocycles. The smallest absolute Gasteiger partial charge is 0.248 e. The van der Waals surface area contributed by atoms with Crippen molar-refractivity contribution in [2.75, 3.05) is 17.6 Å². The van der Waals surface area contributed by atoms with Crippen molar-refractivity contribution in [3.63, 3.8) is 0 Å². The molecule has 7 heteroatoms. The molecule has 112 valence electrons. The number of nitrogens with zero attached hydrogens (tertiary/aromatic N) is 3.